The Morgan fingerprint density at radius 2 is 2.00 bits per heavy atom. The van der Waals surface area contributed by atoms with Crippen LogP contribution in [0.1, 0.15) is 12.0 Å². The van der Waals surface area contributed by atoms with Gasteiger partial charge < -0.3 is 15.5 Å². The maximum atomic E-state index is 11.4. The molecule has 0 spiro atoms. The number of rotatable bonds is 6. The lowest BCUT2D eigenvalue weighted by Gasteiger charge is -2.08. The number of hydrogen-bond acceptors (Lipinski definition) is 3. The van der Waals surface area contributed by atoms with E-state index in [0.717, 1.165) is 5.56 Å². The van der Waals surface area contributed by atoms with Gasteiger partial charge in [-0.1, -0.05) is 29.8 Å². The lowest BCUT2D eigenvalue weighted by molar-refractivity contribution is -0.146. The van der Waals surface area contributed by atoms with E-state index in [0.29, 0.717) is 11.4 Å². The molecule has 1 amide bonds. The number of hydrogen-bond donors (Lipinski definition) is 3. The molecule has 1 aromatic rings. The number of carbonyl (C=O) groups excluding carboxylic acids is 1. The smallest absolute Gasteiger partial charge is 0.334 e. The van der Waals surface area contributed by atoms with Crippen molar-refractivity contribution in [2.75, 3.05) is 6.54 Å². The van der Waals surface area contributed by atoms with Crippen LogP contribution in [-0.4, -0.2) is 34.7 Å². The highest BCUT2D eigenvalue weighted by Crippen LogP contribution is 2.16. The van der Waals surface area contributed by atoms with Gasteiger partial charge in [-0.25, -0.2) is 4.79 Å². The molecule has 1 aromatic carbocycles. The molecular formula is C12H14ClNO4. The second-order valence-corrected chi connectivity index (χ2v) is 4.16. The highest BCUT2D eigenvalue weighted by molar-refractivity contribution is 6.31. The Hall–Kier alpha value is -1.59. The molecule has 1 atom stereocenters. The molecule has 1 rings (SSSR count). The molecule has 0 saturated heterocycles. The average molecular weight is 272 g/mol. The van der Waals surface area contributed by atoms with E-state index in [2.05, 4.69) is 5.32 Å². The molecule has 0 aliphatic heterocycles. The topological polar surface area (TPSA) is 86.6 Å². The molecule has 0 aliphatic rings. The highest BCUT2D eigenvalue weighted by Gasteiger charge is 2.14. The van der Waals surface area contributed by atoms with Gasteiger partial charge in [-0.05, 0) is 18.1 Å². The first-order valence-corrected chi connectivity index (χ1v) is 5.79. The monoisotopic (exact) mass is 271 g/mol. The van der Waals surface area contributed by atoms with Gasteiger partial charge in [-0.15, -0.1) is 0 Å². The number of halogens is 1. The number of carbonyl (C=O) groups is 2. The zero-order chi connectivity index (χ0) is 13.5. The maximum absolute atomic E-state index is 11.4. The van der Waals surface area contributed by atoms with E-state index in [9.17, 15) is 9.59 Å². The summed E-state index contributed by atoms with van der Waals surface area (Å²) in [7, 11) is 0. The normalized spacial score (nSPS) is 11.9. The Morgan fingerprint density at radius 1 is 1.33 bits per heavy atom. The van der Waals surface area contributed by atoms with Gasteiger partial charge in [0.1, 0.15) is 0 Å². The molecule has 5 nitrogen and oxygen atoms in total. The van der Waals surface area contributed by atoms with Gasteiger partial charge >= 0.3 is 5.97 Å². The molecule has 0 fully saturated rings. The Bertz CT molecular complexity index is 436. The minimum absolute atomic E-state index is 0.191. The molecule has 98 valence electrons. The van der Waals surface area contributed by atoms with E-state index < -0.39 is 12.1 Å². The number of aryl methyl sites for hydroxylation is 1. The van der Waals surface area contributed by atoms with Crippen molar-refractivity contribution in [3.63, 3.8) is 0 Å². The summed E-state index contributed by atoms with van der Waals surface area (Å²) in [5, 5.41) is 20.3. The largest absolute Gasteiger partial charge is 0.479 e. The van der Waals surface area contributed by atoms with Crippen molar-refractivity contribution in [2.24, 2.45) is 0 Å². The fourth-order valence-corrected chi connectivity index (χ4v) is 1.57. The molecule has 0 aliphatic carbocycles. The number of amides is 1. The third kappa shape index (κ3) is 4.73. The summed E-state index contributed by atoms with van der Waals surface area (Å²) in [4.78, 5) is 21.7. The van der Waals surface area contributed by atoms with Crippen molar-refractivity contribution >= 4 is 23.5 Å². The van der Waals surface area contributed by atoms with E-state index in [1.165, 1.54) is 0 Å². The third-order valence-electron chi connectivity index (χ3n) is 2.36. The average Bonchev–Trinajstić information content (AvgIpc) is 2.34. The van der Waals surface area contributed by atoms with Gasteiger partial charge in [-0.2, -0.15) is 0 Å². The van der Waals surface area contributed by atoms with Gasteiger partial charge in [-0.3, -0.25) is 4.79 Å². The lowest BCUT2D eigenvalue weighted by Crippen LogP contribution is -2.36. The van der Waals surface area contributed by atoms with Crippen LogP contribution >= 0.6 is 11.6 Å². The zero-order valence-corrected chi connectivity index (χ0v) is 10.4. The third-order valence-corrected chi connectivity index (χ3v) is 2.73. The standard InChI is InChI=1S/C12H14ClNO4/c13-9-4-2-1-3-8(9)5-6-11(16)14-7-10(15)12(17)18/h1-4,10,15H,5-7H2,(H,14,16)(H,17,18). The fourth-order valence-electron chi connectivity index (χ4n) is 1.34. The summed E-state index contributed by atoms with van der Waals surface area (Å²) < 4.78 is 0. The van der Waals surface area contributed by atoms with Crippen LogP contribution in [0.4, 0.5) is 0 Å². The Morgan fingerprint density at radius 3 is 2.61 bits per heavy atom. The molecule has 18 heavy (non-hydrogen) atoms. The van der Waals surface area contributed by atoms with Crippen LogP contribution in [0.3, 0.4) is 0 Å². The Balaban J connectivity index is 2.34. The van der Waals surface area contributed by atoms with Crippen molar-refractivity contribution in [3.8, 4) is 0 Å². The predicted octanol–water partition coefficient (Wildman–Crippen LogP) is 0.834. The number of aliphatic carboxylic acids is 1. The van der Waals surface area contributed by atoms with Crippen LogP contribution in [0, 0.1) is 0 Å². The molecule has 0 aromatic heterocycles. The van der Waals surface area contributed by atoms with Gasteiger partial charge in [0.05, 0.1) is 6.54 Å². The van der Waals surface area contributed by atoms with Crippen LogP contribution in [0.25, 0.3) is 0 Å². The molecule has 0 saturated carbocycles. The van der Waals surface area contributed by atoms with E-state index in [4.69, 9.17) is 21.8 Å². The van der Waals surface area contributed by atoms with Crippen LogP contribution < -0.4 is 5.32 Å². The highest BCUT2D eigenvalue weighted by atomic mass is 35.5. The second-order valence-electron chi connectivity index (χ2n) is 3.75. The zero-order valence-electron chi connectivity index (χ0n) is 9.60. The Labute approximate surface area is 109 Å². The number of aliphatic hydroxyl groups is 1. The van der Waals surface area contributed by atoms with Crippen LogP contribution in [0.2, 0.25) is 5.02 Å². The molecule has 0 heterocycles. The molecule has 0 radical (unpaired) electrons. The summed E-state index contributed by atoms with van der Waals surface area (Å²) in [5.74, 6) is -1.68. The van der Waals surface area contributed by atoms with Crippen molar-refractivity contribution < 1.29 is 19.8 Å². The van der Waals surface area contributed by atoms with Crippen molar-refractivity contribution in [2.45, 2.75) is 18.9 Å². The maximum Gasteiger partial charge on any atom is 0.334 e. The van der Waals surface area contributed by atoms with E-state index in [1.54, 1.807) is 12.1 Å². The molecule has 1 unspecified atom stereocenters. The molecular weight excluding hydrogens is 258 g/mol. The number of aliphatic hydroxyl groups excluding tert-OH is 1. The summed E-state index contributed by atoms with van der Waals surface area (Å²) in [6.07, 6.45) is -0.917. The first-order chi connectivity index (χ1) is 8.50. The van der Waals surface area contributed by atoms with Gasteiger partial charge in [0, 0.05) is 11.4 Å². The molecule has 3 N–H and O–H groups in total. The number of carboxylic acids is 1. The Kier molecular flexibility index (Phi) is 5.61. The minimum Gasteiger partial charge on any atom is -0.479 e. The molecule has 6 heteroatoms. The van der Waals surface area contributed by atoms with Crippen molar-refractivity contribution in [1.29, 1.82) is 0 Å². The van der Waals surface area contributed by atoms with Crippen molar-refractivity contribution in [3.05, 3.63) is 34.9 Å². The summed E-state index contributed by atoms with van der Waals surface area (Å²) >= 11 is 5.93. The first kappa shape index (κ1) is 14.5. The van der Waals surface area contributed by atoms with Gasteiger partial charge in [0.25, 0.3) is 0 Å². The summed E-state index contributed by atoms with van der Waals surface area (Å²) in [6.45, 7) is -0.295. The van der Waals surface area contributed by atoms with Crippen molar-refractivity contribution in [1.82, 2.24) is 5.32 Å². The van der Waals surface area contributed by atoms with E-state index in [1.807, 2.05) is 12.1 Å². The van der Waals surface area contributed by atoms with Crippen LogP contribution in [0.15, 0.2) is 24.3 Å². The van der Waals surface area contributed by atoms with Crippen LogP contribution in [-0.2, 0) is 16.0 Å². The SMILES string of the molecule is O=C(CCc1ccccc1Cl)NCC(O)C(=O)O. The van der Waals surface area contributed by atoms with E-state index >= 15 is 0 Å². The van der Waals surface area contributed by atoms with E-state index in [-0.39, 0.29) is 18.9 Å². The van der Waals surface area contributed by atoms with Gasteiger partial charge in [0.15, 0.2) is 6.10 Å². The van der Waals surface area contributed by atoms with Gasteiger partial charge in [0.2, 0.25) is 5.91 Å². The quantitative estimate of drug-likeness (QED) is 0.715. The van der Waals surface area contributed by atoms with Crippen LogP contribution in [0.5, 0.6) is 0 Å². The number of carboxylic acid groups (broad SMARTS) is 1. The lowest BCUT2D eigenvalue weighted by atomic mass is 10.1. The molecule has 0 bridgehead atoms. The summed E-state index contributed by atoms with van der Waals surface area (Å²) in [6, 6.07) is 7.19. The fraction of sp³-hybridized carbons (Fsp3) is 0.333. The summed E-state index contributed by atoms with van der Waals surface area (Å²) in [5.41, 5.74) is 0.855. The second kappa shape index (κ2) is 6.98. The minimum atomic E-state index is -1.57. The number of benzene rings is 1. The first-order valence-electron chi connectivity index (χ1n) is 5.41. The predicted molar refractivity (Wildman–Crippen MR) is 66.4 cm³/mol. The number of nitrogens with one attached hydrogen (secondary N) is 1.